The van der Waals surface area contributed by atoms with Crippen LogP contribution in [0.4, 0.5) is 0 Å². The number of hydrogen-bond acceptors (Lipinski definition) is 5. The molecular formula is C10H21NO4. The van der Waals surface area contributed by atoms with Gasteiger partial charge in [-0.2, -0.15) is 5.48 Å². The first kappa shape index (κ1) is 12.9. The lowest BCUT2D eigenvalue weighted by Gasteiger charge is -2.12. The summed E-state index contributed by atoms with van der Waals surface area (Å²) in [5, 5.41) is 9.44. The summed E-state index contributed by atoms with van der Waals surface area (Å²) in [4.78, 5) is 4.99. The molecule has 0 saturated heterocycles. The molecule has 0 aromatic rings. The van der Waals surface area contributed by atoms with Crippen LogP contribution >= 0.6 is 0 Å². The Kier molecular flexibility index (Phi) is 6.87. The maximum Gasteiger partial charge on any atom is 0.0920 e. The third-order valence-electron chi connectivity index (χ3n) is 2.17. The van der Waals surface area contributed by atoms with Crippen LogP contribution in [0.15, 0.2) is 0 Å². The summed E-state index contributed by atoms with van der Waals surface area (Å²) in [6.45, 7) is 2.56. The van der Waals surface area contributed by atoms with Crippen LogP contribution in [0.1, 0.15) is 12.8 Å². The molecule has 2 N–H and O–H groups in total. The second-order valence-electron chi connectivity index (χ2n) is 3.82. The van der Waals surface area contributed by atoms with Crippen molar-refractivity contribution in [3.63, 3.8) is 0 Å². The Morgan fingerprint density at radius 2 is 2.20 bits per heavy atom. The molecule has 90 valence electrons. The molecule has 1 fully saturated rings. The van der Waals surface area contributed by atoms with Crippen molar-refractivity contribution in [3.05, 3.63) is 0 Å². The van der Waals surface area contributed by atoms with Gasteiger partial charge in [0, 0.05) is 20.3 Å². The molecule has 0 spiro atoms. The summed E-state index contributed by atoms with van der Waals surface area (Å²) in [5.41, 5.74) is 2.66. The molecule has 0 aromatic carbocycles. The van der Waals surface area contributed by atoms with Crippen LogP contribution in [0, 0.1) is 5.92 Å². The van der Waals surface area contributed by atoms with Crippen molar-refractivity contribution in [2.75, 3.05) is 40.1 Å². The van der Waals surface area contributed by atoms with Crippen LogP contribution in [0.5, 0.6) is 0 Å². The highest BCUT2D eigenvalue weighted by atomic mass is 16.7. The number of hydroxylamine groups is 1. The Balaban J connectivity index is 1.77. The van der Waals surface area contributed by atoms with Gasteiger partial charge in [0.2, 0.25) is 0 Å². The van der Waals surface area contributed by atoms with Gasteiger partial charge >= 0.3 is 0 Å². The van der Waals surface area contributed by atoms with Crippen molar-refractivity contribution >= 4 is 0 Å². The van der Waals surface area contributed by atoms with Gasteiger partial charge in [0.05, 0.1) is 25.9 Å². The van der Waals surface area contributed by atoms with E-state index in [1.807, 2.05) is 0 Å². The summed E-state index contributed by atoms with van der Waals surface area (Å²) in [7, 11) is 1.62. The number of aliphatic hydroxyl groups excluding tert-OH is 1. The van der Waals surface area contributed by atoms with Crippen molar-refractivity contribution in [1.82, 2.24) is 5.48 Å². The lowest BCUT2D eigenvalue weighted by Crippen LogP contribution is -2.31. The van der Waals surface area contributed by atoms with E-state index in [4.69, 9.17) is 14.3 Å². The predicted octanol–water partition coefficient (Wildman–Crippen LogP) is -0.0585. The fourth-order valence-electron chi connectivity index (χ4n) is 1.07. The molecule has 0 radical (unpaired) electrons. The molecule has 5 nitrogen and oxygen atoms in total. The summed E-state index contributed by atoms with van der Waals surface area (Å²) in [6, 6.07) is 0. The Bertz CT molecular complexity index is 152. The van der Waals surface area contributed by atoms with Crippen LogP contribution in [-0.2, 0) is 14.3 Å². The van der Waals surface area contributed by atoms with Crippen molar-refractivity contribution in [2.24, 2.45) is 5.92 Å². The minimum absolute atomic E-state index is 0.372. The fraction of sp³-hybridized carbons (Fsp3) is 1.00. The first-order chi connectivity index (χ1) is 7.33. The van der Waals surface area contributed by atoms with Crippen molar-refractivity contribution in [1.29, 1.82) is 0 Å². The van der Waals surface area contributed by atoms with Crippen LogP contribution in [0.3, 0.4) is 0 Å². The maximum absolute atomic E-state index is 9.44. The molecule has 15 heavy (non-hydrogen) atoms. The van der Waals surface area contributed by atoms with Gasteiger partial charge in [-0.05, 0) is 18.8 Å². The Labute approximate surface area is 90.7 Å². The molecule has 5 heteroatoms. The molecular weight excluding hydrogens is 198 g/mol. The predicted molar refractivity (Wildman–Crippen MR) is 55.4 cm³/mol. The highest BCUT2D eigenvalue weighted by Crippen LogP contribution is 2.28. The van der Waals surface area contributed by atoms with Gasteiger partial charge in [-0.3, -0.25) is 4.84 Å². The van der Waals surface area contributed by atoms with Crippen molar-refractivity contribution in [3.8, 4) is 0 Å². The van der Waals surface area contributed by atoms with Crippen molar-refractivity contribution in [2.45, 2.75) is 18.9 Å². The molecule has 1 saturated carbocycles. The zero-order valence-electron chi connectivity index (χ0n) is 9.28. The van der Waals surface area contributed by atoms with Gasteiger partial charge in [-0.1, -0.05) is 0 Å². The van der Waals surface area contributed by atoms with Crippen LogP contribution in [0.2, 0.25) is 0 Å². The van der Waals surface area contributed by atoms with E-state index in [0.717, 1.165) is 12.5 Å². The minimum atomic E-state index is -0.508. The number of rotatable bonds is 10. The molecule has 0 aliphatic heterocycles. The molecule has 0 amide bonds. The SMILES string of the molecule is COCCONCC(O)COCC1CC1. The van der Waals surface area contributed by atoms with E-state index in [2.05, 4.69) is 5.48 Å². The highest BCUT2D eigenvalue weighted by Gasteiger charge is 2.21. The third-order valence-corrected chi connectivity index (χ3v) is 2.17. The molecule has 0 aromatic heterocycles. The number of nitrogens with one attached hydrogen (secondary N) is 1. The summed E-state index contributed by atoms with van der Waals surface area (Å²) >= 11 is 0. The van der Waals surface area contributed by atoms with Gasteiger partial charge in [-0.15, -0.1) is 0 Å². The van der Waals surface area contributed by atoms with E-state index >= 15 is 0 Å². The number of hydrogen-bond donors (Lipinski definition) is 2. The highest BCUT2D eigenvalue weighted by molar-refractivity contribution is 4.72. The Morgan fingerprint density at radius 1 is 1.40 bits per heavy atom. The second-order valence-corrected chi connectivity index (χ2v) is 3.82. The Hall–Kier alpha value is -0.200. The molecule has 1 aliphatic rings. The standard InChI is InChI=1S/C10H21NO4/c1-13-4-5-15-11-6-10(12)8-14-7-9-2-3-9/h9-12H,2-8H2,1H3. The normalized spacial score (nSPS) is 18.0. The lowest BCUT2D eigenvalue weighted by molar-refractivity contribution is -0.0298. The number of ether oxygens (including phenoxy) is 2. The van der Waals surface area contributed by atoms with Gasteiger partial charge in [0.1, 0.15) is 0 Å². The average Bonchev–Trinajstić information content (AvgIpc) is 3.01. The van der Waals surface area contributed by atoms with E-state index < -0.39 is 6.10 Å². The summed E-state index contributed by atoms with van der Waals surface area (Å²) in [5.74, 6) is 0.739. The average molecular weight is 219 g/mol. The van der Waals surface area contributed by atoms with E-state index in [1.165, 1.54) is 12.8 Å². The molecule has 1 atom stereocenters. The van der Waals surface area contributed by atoms with Crippen LogP contribution in [0.25, 0.3) is 0 Å². The minimum Gasteiger partial charge on any atom is -0.389 e. The number of methoxy groups -OCH3 is 1. The van der Waals surface area contributed by atoms with E-state index in [9.17, 15) is 5.11 Å². The first-order valence-electron chi connectivity index (χ1n) is 5.42. The van der Waals surface area contributed by atoms with E-state index in [-0.39, 0.29) is 0 Å². The van der Waals surface area contributed by atoms with Gasteiger partial charge in [-0.25, -0.2) is 0 Å². The van der Waals surface area contributed by atoms with Gasteiger partial charge in [0.15, 0.2) is 0 Å². The molecule has 1 unspecified atom stereocenters. The monoisotopic (exact) mass is 219 g/mol. The molecule has 1 rings (SSSR count). The first-order valence-corrected chi connectivity index (χ1v) is 5.42. The lowest BCUT2D eigenvalue weighted by atomic mass is 10.4. The van der Waals surface area contributed by atoms with Crippen LogP contribution < -0.4 is 5.48 Å². The maximum atomic E-state index is 9.44. The van der Waals surface area contributed by atoms with E-state index in [0.29, 0.717) is 26.4 Å². The van der Waals surface area contributed by atoms with Crippen molar-refractivity contribution < 1.29 is 19.4 Å². The van der Waals surface area contributed by atoms with Crippen LogP contribution in [-0.4, -0.2) is 51.3 Å². The quantitative estimate of drug-likeness (QED) is 0.398. The zero-order valence-corrected chi connectivity index (χ0v) is 9.28. The van der Waals surface area contributed by atoms with Gasteiger partial charge in [0.25, 0.3) is 0 Å². The zero-order chi connectivity index (χ0) is 10.9. The topological polar surface area (TPSA) is 60.0 Å². The molecule has 1 aliphatic carbocycles. The Morgan fingerprint density at radius 3 is 2.87 bits per heavy atom. The van der Waals surface area contributed by atoms with E-state index in [1.54, 1.807) is 7.11 Å². The smallest absolute Gasteiger partial charge is 0.0920 e. The molecule has 0 bridgehead atoms. The molecule has 0 heterocycles. The number of aliphatic hydroxyl groups is 1. The largest absolute Gasteiger partial charge is 0.389 e. The fourth-order valence-corrected chi connectivity index (χ4v) is 1.07. The summed E-state index contributed by atoms with van der Waals surface area (Å²) in [6.07, 6.45) is 2.04. The summed E-state index contributed by atoms with van der Waals surface area (Å²) < 4.78 is 10.1. The second kappa shape index (κ2) is 8.01. The van der Waals surface area contributed by atoms with Gasteiger partial charge < -0.3 is 14.6 Å². The third kappa shape index (κ3) is 7.70.